The third-order valence-electron chi connectivity index (χ3n) is 1.78. The van der Waals surface area contributed by atoms with Crippen LogP contribution in [0, 0.1) is 0 Å². The smallest absolute Gasteiger partial charge is 0.451 e. The minimum absolute atomic E-state index is 0.0136. The van der Waals surface area contributed by atoms with Gasteiger partial charge in [0.2, 0.25) is 5.82 Å². The molecule has 2 aromatic heterocycles. The minimum atomic E-state index is -4.75. The van der Waals surface area contributed by atoms with Crippen LogP contribution in [-0.2, 0) is 6.18 Å². The molecule has 0 amide bonds. The number of carbonyl (C=O) groups is 1. The number of carboxylic acids is 1. The fourth-order valence-electron chi connectivity index (χ4n) is 1.15. The zero-order valence-electron chi connectivity index (χ0n) is 7.45. The number of hydrogen-bond acceptors (Lipinski definition) is 4. The van der Waals surface area contributed by atoms with E-state index in [9.17, 15) is 18.0 Å². The number of thiophene rings is 1. The van der Waals surface area contributed by atoms with Gasteiger partial charge in [0.1, 0.15) is 4.83 Å². The third-order valence-corrected chi connectivity index (χ3v) is 2.59. The fourth-order valence-corrected chi connectivity index (χ4v) is 1.91. The number of aromatic nitrogens is 2. The van der Waals surface area contributed by atoms with Gasteiger partial charge in [-0.05, 0) is 11.4 Å². The molecule has 0 saturated heterocycles. The number of aromatic carboxylic acids is 1. The van der Waals surface area contributed by atoms with Gasteiger partial charge in [-0.2, -0.15) is 13.2 Å². The maximum Gasteiger partial charge on any atom is 0.451 e. The summed E-state index contributed by atoms with van der Waals surface area (Å²) in [6.07, 6.45) is -4.75. The van der Waals surface area contributed by atoms with E-state index >= 15 is 0 Å². The lowest BCUT2D eigenvalue weighted by atomic mass is 10.3. The Morgan fingerprint density at radius 3 is 2.62 bits per heavy atom. The number of rotatable bonds is 1. The average molecular weight is 248 g/mol. The Bertz CT molecular complexity index is 564. The Morgan fingerprint density at radius 1 is 1.38 bits per heavy atom. The van der Waals surface area contributed by atoms with Crippen LogP contribution >= 0.6 is 11.3 Å². The monoisotopic (exact) mass is 248 g/mol. The molecule has 0 fully saturated rings. The summed E-state index contributed by atoms with van der Waals surface area (Å²) in [4.78, 5) is 17.0. The van der Waals surface area contributed by atoms with Crippen LogP contribution in [0.2, 0.25) is 0 Å². The second kappa shape index (κ2) is 3.41. The molecule has 2 heterocycles. The van der Waals surface area contributed by atoms with Crippen LogP contribution in [0.5, 0.6) is 0 Å². The molecule has 0 aliphatic heterocycles. The van der Waals surface area contributed by atoms with Gasteiger partial charge < -0.3 is 5.11 Å². The predicted molar refractivity (Wildman–Crippen MR) is 49.4 cm³/mol. The number of nitrogens with zero attached hydrogens (tertiary/aromatic N) is 2. The summed E-state index contributed by atoms with van der Waals surface area (Å²) in [5, 5.41) is 10.3. The maximum absolute atomic E-state index is 12.4. The van der Waals surface area contributed by atoms with Crippen molar-refractivity contribution in [1.29, 1.82) is 0 Å². The van der Waals surface area contributed by atoms with E-state index in [1.165, 1.54) is 11.4 Å². The van der Waals surface area contributed by atoms with E-state index in [2.05, 4.69) is 9.97 Å². The molecule has 8 heteroatoms. The molecule has 0 saturated carbocycles. The summed E-state index contributed by atoms with van der Waals surface area (Å²) in [6.45, 7) is 0. The van der Waals surface area contributed by atoms with Crippen molar-refractivity contribution in [1.82, 2.24) is 9.97 Å². The van der Waals surface area contributed by atoms with Gasteiger partial charge in [0.05, 0.1) is 0 Å². The minimum Gasteiger partial charge on any atom is -0.476 e. The van der Waals surface area contributed by atoms with Crippen LogP contribution in [0.1, 0.15) is 16.3 Å². The topological polar surface area (TPSA) is 63.1 Å². The van der Waals surface area contributed by atoms with E-state index in [0.717, 1.165) is 11.3 Å². The van der Waals surface area contributed by atoms with E-state index in [1.54, 1.807) is 0 Å². The van der Waals surface area contributed by atoms with Crippen molar-refractivity contribution in [3.63, 3.8) is 0 Å². The standard InChI is InChI=1S/C8H3F3N2O2S/c9-8(10,11)7-12-4(6(14)15)3-1-2-16-5(3)13-7/h1-2H,(H,14,15). The highest BCUT2D eigenvalue weighted by atomic mass is 32.1. The summed E-state index contributed by atoms with van der Waals surface area (Å²) in [6, 6.07) is 1.38. The summed E-state index contributed by atoms with van der Waals surface area (Å²) < 4.78 is 37.1. The van der Waals surface area contributed by atoms with Crippen molar-refractivity contribution in [2.24, 2.45) is 0 Å². The molecule has 0 atom stereocenters. The Labute approximate surface area is 90.4 Å². The first kappa shape index (κ1) is 10.8. The fraction of sp³-hybridized carbons (Fsp3) is 0.125. The van der Waals surface area contributed by atoms with Crippen molar-refractivity contribution < 1.29 is 23.1 Å². The molecular formula is C8H3F3N2O2S. The number of carboxylic acid groups (broad SMARTS) is 1. The zero-order chi connectivity index (χ0) is 11.9. The Morgan fingerprint density at radius 2 is 2.06 bits per heavy atom. The average Bonchev–Trinajstić information content (AvgIpc) is 2.61. The first-order valence-electron chi connectivity index (χ1n) is 3.95. The molecule has 0 bridgehead atoms. The molecule has 0 spiro atoms. The maximum atomic E-state index is 12.4. The van der Waals surface area contributed by atoms with Crippen LogP contribution in [0.4, 0.5) is 13.2 Å². The number of alkyl halides is 3. The van der Waals surface area contributed by atoms with Gasteiger partial charge in [0, 0.05) is 5.39 Å². The molecule has 0 unspecified atom stereocenters. The van der Waals surface area contributed by atoms with Crippen LogP contribution in [0.3, 0.4) is 0 Å². The quantitative estimate of drug-likeness (QED) is 0.841. The number of halogens is 3. The largest absolute Gasteiger partial charge is 0.476 e. The molecule has 0 aromatic carbocycles. The molecule has 1 N–H and O–H groups in total. The summed E-state index contributed by atoms with van der Waals surface area (Å²) in [5.41, 5.74) is -0.626. The van der Waals surface area contributed by atoms with E-state index < -0.39 is 23.7 Å². The lowest BCUT2D eigenvalue weighted by Gasteiger charge is -2.05. The molecule has 0 aliphatic carbocycles. The van der Waals surface area contributed by atoms with Gasteiger partial charge in [0.25, 0.3) is 0 Å². The van der Waals surface area contributed by atoms with Crippen molar-refractivity contribution in [2.45, 2.75) is 6.18 Å². The second-order valence-corrected chi connectivity index (χ2v) is 3.73. The van der Waals surface area contributed by atoms with E-state index in [4.69, 9.17) is 5.11 Å². The number of hydrogen-bond donors (Lipinski definition) is 1. The number of fused-ring (bicyclic) bond motifs is 1. The SMILES string of the molecule is O=C(O)c1nc(C(F)(F)F)nc2sccc12. The summed E-state index contributed by atoms with van der Waals surface area (Å²) in [7, 11) is 0. The predicted octanol–water partition coefficient (Wildman–Crippen LogP) is 2.41. The molecule has 2 aromatic rings. The van der Waals surface area contributed by atoms with Crippen molar-refractivity contribution >= 4 is 27.5 Å². The molecular weight excluding hydrogens is 245 g/mol. The first-order chi connectivity index (χ1) is 7.39. The highest BCUT2D eigenvalue weighted by Gasteiger charge is 2.36. The van der Waals surface area contributed by atoms with Crippen molar-refractivity contribution in [3.05, 3.63) is 23.0 Å². The van der Waals surface area contributed by atoms with E-state index in [-0.39, 0.29) is 10.2 Å². The summed E-state index contributed by atoms with van der Waals surface area (Å²) in [5.74, 6) is -2.93. The molecule has 0 radical (unpaired) electrons. The molecule has 16 heavy (non-hydrogen) atoms. The van der Waals surface area contributed by atoms with Gasteiger partial charge in [-0.1, -0.05) is 0 Å². The molecule has 2 rings (SSSR count). The van der Waals surface area contributed by atoms with Gasteiger partial charge in [0.15, 0.2) is 5.69 Å². The third kappa shape index (κ3) is 1.71. The van der Waals surface area contributed by atoms with Crippen LogP contribution in [-0.4, -0.2) is 21.0 Å². The van der Waals surface area contributed by atoms with Gasteiger partial charge in [-0.3, -0.25) is 0 Å². The van der Waals surface area contributed by atoms with Crippen molar-refractivity contribution in [2.75, 3.05) is 0 Å². The van der Waals surface area contributed by atoms with Crippen molar-refractivity contribution in [3.8, 4) is 0 Å². The second-order valence-electron chi connectivity index (χ2n) is 2.84. The Hall–Kier alpha value is -1.70. The zero-order valence-corrected chi connectivity index (χ0v) is 8.26. The molecule has 0 aliphatic rings. The molecule has 84 valence electrons. The van der Waals surface area contributed by atoms with Crippen LogP contribution < -0.4 is 0 Å². The lowest BCUT2D eigenvalue weighted by molar-refractivity contribution is -0.144. The molecule has 4 nitrogen and oxygen atoms in total. The van der Waals surface area contributed by atoms with E-state index in [1.807, 2.05) is 0 Å². The highest BCUT2D eigenvalue weighted by molar-refractivity contribution is 7.16. The first-order valence-corrected chi connectivity index (χ1v) is 4.83. The Balaban J connectivity index is 2.76. The lowest BCUT2D eigenvalue weighted by Crippen LogP contribution is -2.14. The van der Waals surface area contributed by atoms with Gasteiger partial charge in [-0.25, -0.2) is 14.8 Å². The highest BCUT2D eigenvalue weighted by Crippen LogP contribution is 2.30. The van der Waals surface area contributed by atoms with Gasteiger partial charge in [-0.15, -0.1) is 11.3 Å². The normalized spacial score (nSPS) is 11.9. The Kier molecular flexibility index (Phi) is 2.30. The van der Waals surface area contributed by atoms with Gasteiger partial charge >= 0.3 is 12.1 Å². The van der Waals surface area contributed by atoms with Crippen LogP contribution in [0.15, 0.2) is 11.4 Å². The summed E-state index contributed by atoms with van der Waals surface area (Å²) >= 11 is 0.935. The van der Waals surface area contributed by atoms with Crippen LogP contribution in [0.25, 0.3) is 10.2 Å². The van der Waals surface area contributed by atoms with E-state index in [0.29, 0.717) is 0 Å².